The Hall–Kier alpha value is -0.930. The Morgan fingerprint density at radius 2 is 2.40 bits per heavy atom. The summed E-state index contributed by atoms with van der Waals surface area (Å²) >= 11 is 0. The first-order valence-corrected chi connectivity index (χ1v) is 5.57. The van der Waals surface area contributed by atoms with Crippen molar-refractivity contribution in [3.05, 3.63) is 29.6 Å². The minimum absolute atomic E-state index is 0.270. The van der Waals surface area contributed by atoms with Crippen molar-refractivity contribution >= 4 is 0 Å². The van der Waals surface area contributed by atoms with Gasteiger partial charge in [0.25, 0.3) is 0 Å². The van der Waals surface area contributed by atoms with E-state index < -0.39 is 0 Å². The minimum atomic E-state index is 0.270. The van der Waals surface area contributed by atoms with E-state index in [0.29, 0.717) is 6.04 Å². The molecule has 1 N–H and O–H groups in total. The van der Waals surface area contributed by atoms with Crippen LogP contribution in [0.15, 0.2) is 18.2 Å². The average Bonchev–Trinajstić information content (AvgIpc) is 2.65. The van der Waals surface area contributed by atoms with Crippen LogP contribution in [0.2, 0.25) is 0 Å². The van der Waals surface area contributed by atoms with Crippen LogP contribution in [0, 0.1) is 6.92 Å². The van der Waals surface area contributed by atoms with Gasteiger partial charge in [-0.25, -0.2) is 0 Å². The molecule has 1 atom stereocenters. The maximum atomic E-state index is 9.21. The van der Waals surface area contributed by atoms with E-state index in [0.717, 1.165) is 30.9 Å². The summed E-state index contributed by atoms with van der Waals surface area (Å²) in [6.07, 6.45) is 2.30. The number of aliphatic hydroxyl groups is 1. The van der Waals surface area contributed by atoms with Crippen molar-refractivity contribution in [3.63, 3.8) is 0 Å². The highest BCUT2D eigenvalue weighted by molar-refractivity contribution is 5.10. The van der Waals surface area contributed by atoms with E-state index in [4.69, 9.17) is 0 Å². The van der Waals surface area contributed by atoms with Crippen LogP contribution in [0.25, 0.3) is 0 Å². The summed E-state index contributed by atoms with van der Waals surface area (Å²) in [7, 11) is 0. The molecule has 1 aromatic heterocycles. The Kier molecular flexibility index (Phi) is 3.34. The zero-order chi connectivity index (χ0) is 10.7. The molecule has 1 aliphatic rings. The molecule has 0 saturated carbocycles. The minimum Gasteiger partial charge on any atom is -0.395 e. The highest BCUT2D eigenvalue weighted by Crippen LogP contribution is 2.18. The predicted molar refractivity (Wildman–Crippen MR) is 59.5 cm³/mol. The molecule has 0 unspecified atom stereocenters. The average molecular weight is 206 g/mol. The van der Waals surface area contributed by atoms with Gasteiger partial charge in [-0.15, -0.1) is 0 Å². The van der Waals surface area contributed by atoms with Crippen LogP contribution in [0.1, 0.15) is 24.2 Å². The molecule has 0 spiro atoms. The third kappa shape index (κ3) is 2.55. The third-order valence-electron chi connectivity index (χ3n) is 3.02. The number of likely N-dealkylation sites (tertiary alicyclic amines) is 1. The Morgan fingerprint density at radius 3 is 3.13 bits per heavy atom. The lowest BCUT2D eigenvalue weighted by molar-refractivity contribution is 0.152. The fourth-order valence-electron chi connectivity index (χ4n) is 2.21. The molecule has 1 fully saturated rings. The van der Waals surface area contributed by atoms with Gasteiger partial charge in [0.1, 0.15) is 0 Å². The summed E-state index contributed by atoms with van der Waals surface area (Å²) in [5.74, 6) is 0. The molecular weight excluding hydrogens is 188 g/mol. The lowest BCUT2D eigenvalue weighted by atomic mass is 10.2. The van der Waals surface area contributed by atoms with Gasteiger partial charge in [-0.3, -0.25) is 9.88 Å². The van der Waals surface area contributed by atoms with Crippen molar-refractivity contribution in [2.75, 3.05) is 13.2 Å². The summed E-state index contributed by atoms with van der Waals surface area (Å²) < 4.78 is 0. The van der Waals surface area contributed by atoms with Gasteiger partial charge in [-0.2, -0.15) is 0 Å². The van der Waals surface area contributed by atoms with E-state index in [1.807, 2.05) is 19.1 Å². The number of aryl methyl sites for hydroxylation is 1. The zero-order valence-electron chi connectivity index (χ0n) is 9.19. The van der Waals surface area contributed by atoms with Crippen LogP contribution in [-0.4, -0.2) is 34.2 Å². The number of pyridine rings is 1. The highest BCUT2D eigenvalue weighted by Gasteiger charge is 2.23. The number of aliphatic hydroxyl groups excluding tert-OH is 1. The van der Waals surface area contributed by atoms with Crippen LogP contribution in [0.3, 0.4) is 0 Å². The Labute approximate surface area is 90.8 Å². The fraction of sp³-hybridized carbons (Fsp3) is 0.583. The van der Waals surface area contributed by atoms with Crippen molar-refractivity contribution < 1.29 is 5.11 Å². The van der Waals surface area contributed by atoms with Gasteiger partial charge in [0.05, 0.1) is 12.3 Å². The van der Waals surface area contributed by atoms with E-state index in [-0.39, 0.29) is 6.61 Å². The molecule has 1 aromatic rings. The Bertz CT molecular complexity index is 327. The van der Waals surface area contributed by atoms with E-state index in [1.165, 1.54) is 6.42 Å². The molecule has 3 nitrogen and oxygen atoms in total. The van der Waals surface area contributed by atoms with E-state index in [1.54, 1.807) is 0 Å². The van der Waals surface area contributed by atoms with Crippen molar-refractivity contribution in [2.24, 2.45) is 0 Å². The highest BCUT2D eigenvalue weighted by atomic mass is 16.3. The topological polar surface area (TPSA) is 36.4 Å². The van der Waals surface area contributed by atoms with Crippen molar-refractivity contribution in [1.29, 1.82) is 0 Å². The molecule has 0 aromatic carbocycles. The summed E-state index contributed by atoms with van der Waals surface area (Å²) in [6, 6.07) is 6.45. The number of nitrogens with zero attached hydrogens (tertiary/aromatic N) is 2. The molecule has 0 radical (unpaired) electrons. The quantitative estimate of drug-likeness (QED) is 0.811. The molecule has 1 aliphatic heterocycles. The molecule has 15 heavy (non-hydrogen) atoms. The molecule has 82 valence electrons. The predicted octanol–water partition coefficient (Wildman–Crippen LogP) is 1.35. The van der Waals surface area contributed by atoms with Gasteiger partial charge in [0, 0.05) is 18.3 Å². The molecule has 3 heteroatoms. The van der Waals surface area contributed by atoms with Crippen LogP contribution < -0.4 is 0 Å². The Morgan fingerprint density at radius 1 is 1.53 bits per heavy atom. The summed E-state index contributed by atoms with van der Waals surface area (Å²) in [6.45, 7) is 4.23. The van der Waals surface area contributed by atoms with Gasteiger partial charge in [-0.05, 0) is 38.4 Å². The fourth-order valence-corrected chi connectivity index (χ4v) is 2.21. The summed E-state index contributed by atoms with van der Waals surface area (Å²) in [5, 5.41) is 9.21. The van der Waals surface area contributed by atoms with Gasteiger partial charge in [-0.1, -0.05) is 6.07 Å². The zero-order valence-corrected chi connectivity index (χ0v) is 9.19. The number of rotatable bonds is 3. The second kappa shape index (κ2) is 4.73. The number of hydrogen-bond donors (Lipinski definition) is 1. The molecule has 0 amide bonds. The monoisotopic (exact) mass is 206 g/mol. The SMILES string of the molecule is Cc1cccc(CN2CCC[C@H]2CO)n1. The number of hydrogen-bond acceptors (Lipinski definition) is 3. The van der Waals surface area contributed by atoms with Crippen LogP contribution >= 0.6 is 0 Å². The summed E-state index contributed by atoms with van der Waals surface area (Å²) in [5.41, 5.74) is 2.17. The van der Waals surface area contributed by atoms with Gasteiger partial charge in [0.2, 0.25) is 0 Å². The maximum Gasteiger partial charge on any atom is 0.0587 e. The Balaban J connectivity index is 2.02. The van der Waals surface area contributed by atoms with Gasteiger partial charge >= 0.3 is 0 Å². The van der Waals surface area contributed by atoms with Gasteiger partial charge in [0.15, 0.2) is 0 Å². The molecule has 2 rings (SSSR count). The molecule has 0 aliphatic carbocycles. The lowest BCUT2D eigenvalue weighted by Gasteiger charge is -2.22. The normalized spacial score (nSPS) is 22.1. The largest absolute Gasteiger partial charge is 0.395 e. The van der Waals surface area contributed by atoms with Crippen LogP contribution in [0.5, 0.6) is 0 Å². The molecule has 0 bridgehead atoms. The second-order valence-electron chi connectivity index (χ2n) is 4.22. The van der Waals surface area contributed by atoms with Gasteiger partial charge < -0.3 is 5.11 Å². The third-order valence-corrected chi connectivity index (χ3v) is 3.02. The second-order valence-corrected chi connectivity index (χ2v) is 4.22. The van der Waals surface area contributed by atoms with Crippen molar-refractivity contribution in [2.45, 2.75) is 32.4 Å². The molecular formula is C12H18N2O. The first-order chi connectivity index (χ1) is 7.29. The molecule has 2 heterocycles. The van der Waals surface area contributed by atoms with E-state index >= 15 is 0 Å². The number of aromatic nitrogens is 1. The molecule has 1 saturated heterocycles. The van der Waals surface area contributed by atoms with Crippen LogP contribution in [0.4, 0.5) is 0 Å². The maximum absolute atomic E-state index is 9.21. The lowest BCUT2D eigenvalue weighted by Crippen LogP contribution is -2.31. The van der Waals surface area contributed by atoms with E-state index in [9.17, 15) is 5.11 Å². The first kappa shape index (κ1) is 10.6. The smallest absolute Gasteiger partial charge is 0.0587 e. The first-order valence-electron chi connectivity index (χ1n) is 5.57. The van der Waals surface area contributed by atoms with Crippen LogP contribution in [-0.2, 0) is 6.54 Å². The van der Waals surface area contributed by atoms with Crippen molar-refractivity contribution in [3.8, 4) is 0 Å². The van der Waals surface area contributed by atoms with E-state index in [2.05, 4.69) is 16.0 Å². The summed E-state index contributed by atoms with van der Waals surface area (Å²) in [4.78, 5) is 6.80. The standard InChI is InChI=1S/C12H18N2O/c1-10-4-2-5-11(13-10)8-14-7-3-6-12(14)9-15/h2,4-5,12,15H,3,6-9H2,1H3/t12-/m0/s1. The van der Waals surface area contributed by atoms with Crippen molar-refractivity contribution in [1.82, 2.24) is 9.88 Å².